The third-order valence-electron chi connectivity index (χ3n) is 3.54. The normalized spacial score (nSPS) is 19.3. The first kappa shape index (κ1) is 11.4. The second-order valence-corrected chi connectivity index (χ2v) is 4.63. The molecule has 0 aliphatic heterocycles. The first-order valence-electron chi connectivity index (χ1n) is 6.43. The summed E-state index contributed by atoms with van der Waals surface area (Å²) in [5, 5.41) is 3.48. The maximum absolute atomic E-state index is 4.24. The molecule has 3 heteroatoms. The molecule has 1 N–H and O–H groups in total. The molecule has 1 aliphatic rings. The highest BCUT2D eigenvalue weighted by molar-refractivity contribution is 5.24. The zero-order valence-electron chi connectivity index (χ0n) is 10.0. The number of nitrogens with one attached hydrogen (secondary N) is 1. The standard InChI is InChI=1S/C13H21N3/c1-2-12(11-7-4-3-5-8-11)16-13-14-9-6-10-15-13/h6,9-12H,2-5,7-8H2,1H3,(H,14,15,16). The molecule has 0 aromatic carbocycles. The van der Waals surface area contributed by atoms with E-state index in [1.165, 1.54) is 32.1 Å². The first-order chi connectivity index (χ1) is 7.90. The molecule has 3 nitrogen and oxygen atoms in total. The lowest BCUT2D eigenvalue weighted by Gasteiger charge is -2.30. The van der Waals surface area contributed by atoms with Gasteiger partial charge in [-0.05, 0) is 31.2 Å². The van der Waals surface area contributed by atoms with Crippen LogP contribution < -0.4 is 5.32 Å². The van der Waals surface area contributed by atoms with Crippen LogP contribution in [0.1, 0.15) is 45.4 Å². The van der Waals surface area contributed by atoms with Crippen LogP contribution in [0.4, 0.5) is 5.95 Å². The molecule has 88 valence electrons. The molecule has 1 aromatic rings. The Morgan fingerprint density at radius 3 is 2.56 bits per heavy atom. The van der Waals surface area contributed by atoms with Crippen LogP contribution >= 0.6 is 0 Å². The Bertz CT molecular complexity index is 293. The van der Waals surface area contributed by atoms with Crippen LogP contribution in [0.5, 0.6) is 0 Å². The van der Waals surface area contributed by atoms with Gasteiger partial charge in [-0.25, -0.2) is 9.97 Å². The minimum absolute atomic E-state index is 0.544. The quantitative estimate of drug-likeness (QED) is 0.844. The van der Waals surface area contributed by atoms with Crippen LogP contribution in [0.3, 0.4) is 0 Å². The van der Waals surface area contributed by atoms with Gasteiger partial charge < -0.3 is 5.32 Å². The summed E-state index contributed by atoms with van der Waals surface area (Å²) in [6, 6.07) is 2.40. The van der Waals surface area contributed by atoms with Crippen molar-refractivity contribution >= 4 is 5.95 Å². The summed E-state index contributed by atoms with van der Waals surface area (Å²) in [5.74, 6) is 1.59. The topological polar surface area (TPSA) is 37.8 Å². The Morgan fingerprint density at radius 2 is 1.94 bits per heavy atom. The van der Waals surface area contributed by atoms with Gasteiger partial charge in [0.25, 0.3) is 0 Å². The van der Waals surface area contributed by atoms with Crippen LogP contribution in [0.25, 0.3) is 0 Å². The van der Waals surface area contributed by atoms with Crippen molar-refractivity contribution in [1.29, 1.82) is 0 Å². The molecule has 0 radical (unpaired) electrons. The van der Waals surface area contributed by atoms with Crippen molar-refractivity contribution in [2.45, 2.75) is 51.5 Å². The number of rotatable bonds is 4. The third-order valence-corrected chi connectivity index (χ3v) is 3.54. The Labute approximate surface area is 97.7 Å². The monoisotopic (exact) mass is 219 g/mol. The molecule has 1 saturated carbocycles. The maximum atomic E-state index is 4.24. The minimum atomic E-state index is 0.544. The average molecular weight is 219 g/mol. The zero-order chi connectivity index (χ0) is 11.2. The van der Waals surface area contributed by atoms with Gasteiger partial charge in [0.2, 0.25) is 5.95 Å². The predicted octanol–water partition coefficient (Wildman–Crippen LogP) is 3.25. The van der Waals surface area contributed by atoms with Crippen molar-refractivity contribution in [3.05, 3.63) is 18.5 Å². The molecule has 0 saturated heterocycles. The van der Waals surface area contributed by atoms with Gasteiger partial charge in [0.05, 0.1) is 0 Å². The van der Waals surface area contributed by atoms with Crippen LogP contribution in [0, 0.1) is 5.92 Å². The van der Waals surface area contributed by atoms with Gasteiger partial charge >= 0.3 is 0 Å². The Morgan fingerprint density at radius 1 is 1.25 bits per heavy atom. The molecule has 1 aromatic heterocycles. The van der Waals surface area contributed by atoms with Crippen LogP contribution in [0.15, 0.2) is 18.5 Å². The van der Waals surface area contributed by atoms with Crippen molar-refractivity contribution in [3.8, 4) is 0 Å². The summed E-state index contributed by atoms with van der Waals surface area (Å²) >= 11 is 0. The smallest absolute Gasteiger partial charge is 0.222 e. The van der Waals surface area contributed by atoms with Gasteiger partial charge in [-0.15, -0.1) is 0 Å². The fourth-order valence-electron chi connectivity index (χ4n) is 2.63. The fourth-order valence-corrected chi connectivity index (χ4v) is 2.63. The first-order valence-corrected chi connectivity index (χ1v) is 6.43. The van der Waals surface area contributed by atoms with E-state index >= 15 is 0 Å². The molecule has 0 spiro atoms. The van der Waals surface area contributed by atoms with Gasteiger partial charge in [-0.2, -0.15) is 0 Å². The molecule has 1 atom stereocenters. The van der Waals surface area contributed by atoms with Gasteiger partial charge in [0.1, 0.15) is 0 Å². The van der Waals surface area contributed by atoms with E-state index in [4.69, 9.17) is 0 Å². The lowest BCUT2D eigenvalue weighted by molar-refractivity contribution is 0.312. The maximum Gasteiger partial charge on any atom is 0.222 e. The third kappa shape index (κ3) is 2.94. The molecule has 2 rings (SSSR count). The Hall–Kier alpha value is -1.12. The lowest BCUT2D eigenvalue weighted by Crippen LogP contribution is -2.30. The highest BCUT2D eigenvalue weighted by Gasteiger charge is 2.22. The van der Waals surface area contributed by atoms with Crippen molar-refractivity contribution in [1.82, 2.24) is 9.97 Å². The van der Waals surface area contributed by atoms with E-state index in [-0.39, 0.29) is 0 Å². The Kier molecular flexibility index (Phi) is 4.14. The minimum Gasteiger partial charge on any atom is -0.351 e. The van der Waals surface area contributed by atoms with Crippen molar-refractivity contribution in [3.63, 3.8) is 0 Å². The van der Waals surface area contributed by atoms with E-state index < -0.39 is 0 Å². The van der Waals surface area contributed by atoms with Crippen molar-refractivity contribution in [2.24, 2.45) is 5.92 Å². The molecule has 0 bridgehead atoms. The van der Waals surface area contributed by atoms with E-state index in [0.717, 1.165) is 18.3 Å². The van der Waals surface area contributed by atoms with Gasteiger partial charge in [-0.1, -0.05) is 26.2 Å². The zero-order valence-corrected chi connectivity index (χ0v) is 10.0. The number of anilines is 1. The molecule has 1 unspecified atom stereocenters. The molecule has 1 heterocycles. The SMILES string of the molecule is CCC(Nc1ncccn1)C1CCCCC1. The molecular formula is C13H21N3. The molecule has 1 aliphatic carbocycles. The molecule has 0 amide bonds. The summed E-state index contributed by atoms with van der Waals surface area (Å²) in [6.45, 7) is 2.25. The number of aromatic nitrogens is 2. The summed E-state index contributed by atoms with van der Waals surface area (Å²) < 4.78 is 0. The summed E-state index contributed by atoms with van der Waals surface area (Å²) in [4.78, 5) is 8.48. The fraction of sp³-hybridized carbons (Fsp3) is 0.692. The van der Waals surface area contributed by atoms with E-state index in [1.54, 1.807) is 12.4 Å². The summed E-state index contributed by atoms with van der Waals surface area (Å²) in [5.41, 5.74) is 0. The molecule has 16 heavy (non-hydrogen) atoms. The van der Waals surface area contributed by atoms with Crippen LogP contribution in [-0.2, 0) is 0 Å². The lowest BCUT2D eigenvalue weighted by atomic mass is 9.83. The van der Waals surface area contributed by atoms with Gasteiger partial charge in [-0.3, -0.25) is 0 Å². The van der Waals surface area contributed by atoms with E-state index in [1.807, 2.05) is 6.07 Å². The van der Waals surface area contributed by atoms with Gasteiger partial charge in [0.15, 0.2) is 0 Å². The second kappa shape index (κ2) is 5.83. The number of hydrogen-bond acceptors (Lipinski definition) is 3. The van der Waals surface area contributed by atoms with Crippen LogP contribution in [-0.4, -0.2) is 16.0 Å². The van der Waals surface area contributed by atoms with E-state index in [9.17, 15) is 0 Å². The van der Waals surface area contributed by atoms with E-state index in [2.05, 4.69) is 22.2 Å². The van der Waals surface area contributed by atoms with Gasteiger partial charge in [0, 0.05) is 18.4 Å². The Balaban J connectivity index is 1.94. The number of hydrogen-bond donors (Lipinski definition) is 1. The van der Waals surface area contributed by atoms with Crippen LogP contribution in [0.2, 0.25) is 0 Å². The average Bonchev–Trinajstić information content (AvgIpc) is 2.38. The largest absolute Gasteiger partial charge is 0.351 e. The second-order valence-electron chi connectivity index (χ2n) is 4.63. The predicted molar refractivity (Wildman–Crippen MR) is 66.3 cm³/mol. The summed E-state index contributed by atoms with van der Waals surface area (Å²) in [7, 11) is 0. The summed E-state index contributed by atoms with van der Waals surface area (Å²) in [6.07, 6.45) is 11.7. The highest BCUT2D eigenvalue weighted by atomic mass is 15.1. The highest BCUT2D eigenvalue weighted by Crippen LogP contribution is 2.28. The molecule has 1 fully saturated rings. The molecular weight excluding hydrogens is 198 g/mol. The van der Waals surface area contributed by atoms with Crippen molar-refractivity contribution in [2.75, 3.05) is 5.32 Å². The van der Waals surface area contributed by atoms with E-state index in [0.29, 0.717) is 6.04 Å². The number of nitrogens with zero attached hydrogens (tertiary/aromatic N) is 2. The van der Waals surface area contributed by atoms with Crippen molar-refractivity contribution < 1.29 is 0 Å².